The molecule has 3 heteroatoms. The maximum atomic E-state index is 11.9. The van der Waals surface area contributed by atoms with Crippen molar-refractivity contribution in [2.45, 2.75) is 53.0 Å². The molecule has 0 saturated carbocycles. The van der Waals surface area contributed by atoms with Crippen LogP contribution in [0.4, 0.5) is 0 Å². The van der Waals surface area contributed by atoms with Crippen LogP contribution in [0.1, 0.15) is 47.0 Å². The molecule has 0 aliphatic carbocycles. The number of nitrogens with two attached hydrogens (primary N) is 1. The molecule has 0 bridgehead atoms. The molecule has 0 aromatic carbocycles. The molecule has 1 aliphatic rings. The van der Waals surface area contributed by atoms with Crippen molar-refractivity contribution in [1.82, 2.24) is 4.90 Å². The fourth-order valence-corrected chi connectivity index (χ4v) is 2.38. The molecule has 2 N–H and O–H groups in total. The Morgan fingerprint density at radius 2 is 1.88 bits per heavy atom. The van der Waals surface area contributed by atoms with Crippen molar-refractivity contribution >= 4 is 5.91 Å². The molecular formula is C13H26N2O. The molecule has 16 heavy (non-hydrogen) atoms. The minimum absolute atomic E-state index is 0.134. The van der Waals surface area contributed by atoms with Gasteiger partial charge < -0.3 is 10.6 Å². The van der Waals surface area contributed by atoms with Crippen LogP contribution in [-0.2, 0) is 4.79 Å². The largest absolute Gasteiger partial charge is 0.341 e. The first-order valence-corrected chi connectivity index (χ1v) is 6.40. The molecule has 1 rings (SSSR count). The Morgan fingerprint density at radius 3 is 2.25 bits per heavy atom. The van der Waals surface area contributed by atoms with Crippen LogP contribution in [0.2, 0.25) is 0 Å². The van der Waals surface area contributed by atoms with Crippen LogP contribution in [0.5, 0.6) is 0 Å². The zero-order valence-corrected chi connectivity index (χ0v) is 11.1. The Kier molecular flexibility index (Phi) is 4.36. The summed E-state index contributed by atoms with van der Waals surface area (Å²) < 4.78 is 0. The lowest BCUT2D eigenvalue weighted by atomic mass is 9.75. The SMILES string of the molecule is CCC(N)C(=O)N1CCC(C(C)(C)C)CC1. The first-order chi connectivity index (χ1) is 7.36. The second kappa shape index (κ2) is 5.17. The second-order valence-corrected chi connectivity index (χ2v) is 5.98. The summed E-state index contributed by atoms with van der Waals surface area (Å²) in [6, 6.07) is -0.300. The standard InChI is InChI=1S/C13H26N2O/c1-5-11(14)12(16)15-8-6-10(7-9-15)13(2,3)4/h10-11H,5-9,14H2,1-4H3. The predicted molar refractivity (Wildman–Crippen MR) is 67.0 cm³/mol. The van der Waals surface area contributed by atoms with Gasteiger partial charge in [-0.15, -0.1) is 0 Å². The maximum absolute atomic E-state index is 11.9. The molecule has 94 valence electrons. The minimum Gasteiger partial charge on any atom is -0.341 e. The number of amides is 1. The zero-order chi connectivity index (χ0) is 12.3. The molecule has 1 saturated heterocycles. The molecule has 1 unspecified atom stereocenters. The van der Waals surface area contributed by atoms with Crippen LogP contribution in [0.25, 0.3) is 0 Å². The van der Waals surface area contributed by atoms with E-state index in [1.54, 1.807) is 0 Å². The van der Waals surface area contributed by atoms with Crippen molar-refractivity contribution in [1.29, 1.82) is 0 Å². The van der Waals surface area contributed by atoms with E-state index in [1.807, 2.05) is 11.8 Å². The molecule has 1 atom stereocenters. The molecule has 0 aromatic heterocycles. The fourth-order valence-electron chi connectivity index (χ4n) is 2.38. The summed E-state index contributed by atoms with van der Waals surface area (Å²) in [5, 5.41) is 0. The van der Waals surface area contributed by atoms with Gasteiger partial charge in [-0.2, -0.15) is 0 Å². The van der Waals surface area contributed by atoms with Gasteiger partial charge in [-0.3, -0.25) is 4.79 Å². The van der Waals surface area contributed by atoms with E-state index in [9.17, 15) is 4.79 Å². The average Bonchev–Trinajstić information content (AvgIpc) is 2.26. The average molecular weight is 226 g/mol. The van der Waals surface area contributed by atoms with Crippen LogP contribution < -0.4 is 5.73 Å². The molecule has 1 heterocycles. The molecule has 0 radical (unpaired) electrons. The van der Waals surface area contributed by atoms with E-state index in [2.05, 4.69) is 20.8 Å². The second-order valence-electron chi connectivity index (χ2n) is 5.98. The summed E-state index contributed by atoms with van der Waals surface area (Å²) in [6.07, 6.45) is 2.97. The number of nitrogens with zero attached hydrogens (tertiary/aromatic N) is 1. The van der Waals surface area contributed by atoms with Crippen LogP contribution in [0.15, 0.2) is 0 Å². The lowest BCUT2D eigenvalue weighted by Gasteiger charge is -2.39. The van der Waals surface area contributed by atoms with Gasteiger partial charge >= 0.3 is 0 Å². The van der Waals surface area contributed by atoms with Gasteiger partial charge in [0.2, 0.25) is 5.91 Å². The normalized spacial score (nSPS) is 20.9. The Bertz CT molecular complexity index is 237. The van der Waals surface area contributed by atoms with Gasteiger partial charge in [0.25, 0.3) is 0 Å². The fraction of sp³-hybridized carbons (Fsp3) is 0.923. The maximum Gasteiger partial charge on any atom is 0.239 e. The zero-order valence-electron chi connectivity index (χ0n) is 11.1. The van der Waals surface area contributed by atoms with E-state index in [1.165, 1.54) is 0 Å². The summed E-state index contributed by atoms with van der Waals surface area (Å²) in [5.41, 5.74) is 6.14. The minimum atomic E-state index is -0.300. The lowest BCUT2D eigenvalue weighted by Crippen LogP contribution is -2.48. The van der Waals surface area contributed by atoms with Crippen molar-refractivity contribution in [3.8, 4) is 0 Å². The predicted octanol–water partition coefficient (Wildman–Crippen LogP) is 2.01. The summed E-state index contributed by atoms with van der Waals surface area (Å²) in [6.45, 7) is 10.6. The van der Waals surface area contributed by atoms with Crippen molar-refractivity contribution < 1.29 is 4.79 Å². The third kappa shape index (κ3) is 3.21. The van der Waals surface area contributed by atoms with E-state index < -0.39 is 0 Å². The van der Waals surface area contributed by atoms with Crippen molar-refractivity contribution in [3.63, 3.8) is 0 Å². The quantitative estimate of drug-likeness (QED) is 0.783. The third-order valence-electron chi connectivity index (χ3n) is 3.79. The molecule has 1 amide bonds. The van der Waals surface area contributed by atoms with E-state index >= 15 is 0 Å². The summed E-state index contributed by atoms with van der Waals surface area (Å²) in [4.78, 5) is 13.8. The summed E-state index contributed by atoms with van der Waals surface area (Å²) in [7, 11) is 0. The van der Waals surface area contributed by atoms with E-state index in [0.717, 1.165) is 38.3 Å². The van der Waals surface area contributed by atoms with Gasteiger partial charge in [0.05, 0.1) is 6.04 Å². The van der Waals surface area contributed by atoms with Gasteiger partial charge in [0.15, 0.2) is 0 Å². The highest BCUT2D eigenvalue weighted by atomic mass is 16.2. The third-order valence-corrected chi connectivity index (χ3v) is 3.79. The van der Waals surface area contributed by atoms with Crippen molar-refractivity contribution in [2.75, 3.05) is 13.1 Å². The van der Waals surface area contributed by atoms with E-state index in [-0.39, 0.29) is 11.9 Å². The molecule has 0 aromatic rings. The van der Waals surface area contributed by atoms with Crippen LogP contribution in [-0.4, -0.2) is 29.9 Å². The van der Waals surface area contributed by atoms with Crippen molar-refractivity contribution in [2.24, 2.45) is 17.1 Å². The van der Waals surface area contributed by atoms with Gasteiger partial charge in [0, 0.05) is 13.1 Å². The Balaban J connectivity index is 2.46. The molecular weight excluding hydrogens is 200 g/mol. The number of hydrogen-bond donors (Lipinski definition) is 1. The van der Waals surface area contributed by atoms with Gasteiger partial charge in [0.1, 0.15) is 0 Å². The lowest BCUT2D eigenvalue weighted by molar-refractivity contribution is -0.134. The first-order valence-electron chi connectivity index (χ1n) is 6.40. The number of carbonyl (C=O) groups is 1. The Labute approximate surface area is 99.4 Å². The van der Waals surface area contributed by atoms with E-state index in [0.29, 0.717) is 5.41 Å². The topological polar surface area (TPSA) is 46.3 Å². The highest BCUT2D eigenvalue weighted by Gasteiger charge is 2.31. The monoisotopic (exact) mass is 226 g/mol. The first kappa shape index (κ1) is 13.5. The highest BCUT2D eigenvalue weighted by Crippen LogP contribution is 2.34. The molecule has 0 spiro atoms. The van der Waals surface area contributed by atoms with Crippen LogP contribution >= 0.6 is 0 Å². The van der Waals surface area contributed by atoms with Crippen molar-refractivity contribution in [3.05, 3.63) is 0 Å². The Morgan fingerprint density at radius 1 is 1.38 bits per heavy atom. The van der Waals surface area contributed by atoms with Crippen LogP contribution in [0.3, 0.4) is 0 Å². The van der Waals surface area contributed by atoms with E-state index in [4.69, 9.17) is 5.73 Å². The number of likely N-dealkylation sites (tertiary alicyclic amines) is 1. The number of piperidine rings is 1. The van der Waals surface area contributed by atoms with Crippen LogP contribution in [0, 0.1) is 11.3 Å². The number of rotatable bonds is 2. The van der Waals surface area contributed by atoms with Gasteiger partial charge in [-0.25, -0.2) is 0 Å². The molecule has 3 nitrogen and oxygen atoms in total. The Hall–Kier alpha value is -0.570. The highest BCUT2D eigenvalue weighted by molar-refractivity contribution is 5.81. The summed E-state index contributed by atoms with van der Waals surface area (Å²) >= 11 is 0. The van der Waals surface area contributed by atoms with Gasteiger partial charge in [-0.1, -0.05) is 27.7 Å². The molecule has 1 fully saturated rings. The number of carbonyl (C=O) groups excluding carboxylic acids is 1. The van der Waals surface area contributed by atoms with Gasteiger partial charge in [-0.05, 0) is 30.6 Å². The molecule has 1 aliphatic heterocycles. The number of hydrogen-bond acceptors (Lipinski definition) is 2. The smallest absolute Gasteiger partial charge is 0.239 e. The summed E-state index contributed by atoms with van der Waals surface area (Å²) in [5.74, 6) is 0.865.